The van der Waals surface area contributed by atoms with Gasteiger partial charge in [-0.2, -0.15) is 26.3 Å². The standard InChI is InChI=1S/C33H36F6N4O/c1-30(25-18-26(32(34,35)36)20-27(19-25)33(37,38)39)31(29(44)21-40,24-10-6-3-7-11-24)43(17-14-41-30)28-12-15-42(16-13-28)22-23-8-4-2-5-9-23/h2-11,18-20,28,41H,12-17,21-22,40H2,1H3. The summed E-state index contributed by atoms with van der Waals surface area (Å²) < 4.78 is 84.2. The maximum absolute atomic E-state index is 14.3. The number of halogens is 6. The van der Waals surface area contributed by atoms with Crippen molar-refractivity contribution in [3.05, 3.63) is 107 Å². The molecule has 2 fully saturated rings. The van der Waals surface area contributed by atoms with Crippen LogP contribution in [0, 0.1) is 0 Å². The second-order valence-corrected chi connectivity index (χ2v) is 11.7. The maximum Gasteiger partial charge on any atom is 0.416 e. The molecule has 236 valence electrons. The number of carbonyl (C=O) groups is 1. The second-order valence-electron chi connectivity index (χ2n) is 11.7. The van der Waals surface area contributed by atoms with Crippen LogP contribution in [-0.2, 0) is 34.8 Å². The van der Waals surface area contributed by atoms with Crippen LogP contribution in [0.3, 0.4) is 0 Å². The summed E-state index contributed by atoms with van der Waals surface area (Å²) in [4.78, 5) is 18.7. The van der Waals surface area contributed by atoms with Gasteiger partial charge in [0.25, 0.3) is 0 Å². The molecule has 2 heterocycles. The lowest BCUT2D eigenvalue weighted by Gasteiger charge is -2.60. The fraction of sp³-hybridized carbons (Fsp3) is 0.424. The van der Waals surface area contributed by atoms with Gasteiger partial charge in [0.15, 0.2) is 5.78 Å². The van der Waals surface area contributed by atoms with Gasteiger partial charge >= 0.3 is 12.4 Å². The first-order valence-corrected chi connectivity index (χ1v) is 14.7. The van der Waals surface area contributed by atoms with Crippen molar-refractivity contribution in [1.82, 2.24) is 15.1 Å². The molecular formula is C33H36F6N4O. The number of Topliss-reactive ketones (excluding diaryl/α,β-unsaturated/α-hetero) is 1. The third kappa shape index (κ3) is 5.90. The van der Waals surface area contributed by atoms with Crippen LogP contribution >= 0.6 is 0 Å². The summed E-state index contributed by atoms with van der Waals surface area (Å²) in [6.45, 7) is 3.84. The van der Waals surface area contributed by atoms with Crippen molar-refractivity contribution in [1.29, 1.82) is 0 Å². The van der Waals surface area contributed by atoms with Crippen LogP contribution in [0.5, 0.6) is 0 Å². The monoisotopic (exact) mass is 618 g/mol. The zero-order valence-corrected chi connectivity index (χ0v) is 24.4. The van der Waals surface area contributed by atoms with Crippen molar-refractivity contribution in [3.8, 4) is 0 Å². The molecule has 3 aromatic carbocycles. The highest BCUT2D eigenvalue weighted by atomic mass is 19.4. The minimum atomic E-state index is -5.04. The molecule has 0 radical (unpaired) electrons. The molecule has 3 aromatic rings. The molecule has 2 aliphatic heterocycles. The molecule has 0 spiro atoms. The highest BCUT2D eigenvalue weighted by Gasteiger charge is 2.62. The summed E-state index contributed by atoms with van der Waals surface area (Å²) in [7, 11) is 0. The quantitative estimate of drug-likeness (QED) is 0.322. The van der Waals surface area contributed by atoms with E-state index in [2.05, 4.69) is 22.3 Å². The Morgan fingerprint density at radius 3 is 1.91 bits per heavy atom. The predicted octanol–water partition coefficient (Wildman–Crippen LogP) is 5.93. The van der Waals surface area contributed by atoms with Gasteiger partial charge < -0.3 is 11.1 Å². The van der Waals surface area contributed by atoms with Crippen LogP contribution in [0.25, 0.3) is 0 Å². The van der Waals surface area contributed by atoms with Crippen LogP contribution in [0.1, 0.15) is 47.6 Å². The van der Waals surface area contributed by atoms with Crippen molar-refractivity contribution in [2.45, 2.75) is 55.8 Å². The zero-order valence-electron chi connectivity index (χ0n) is 24.4. The normalized spacial score (nSPS) is 24.4. The summed E-state index contributed by atoms with van der Waals surface area (Å²) >= 11 is 0. The summed E-state index contributed by atoms with van der Waals surface area (Å²) in [5.41, 5.74) is 1.14. The van der Waals surface area contributed by atoms with Crippen molar-refractivity contribution < 1.29 is 31.1 Å². The van der Waals surface area contributed by atoms with Gasteiger partial charge in [0, 0.05) is 25.7 Å². The van der Waals surface area contributed by atoms with Gasteiger partial charge in [-0.05, 0) is 67.7 Å². The van der Waals surface area contributed by atoms with Gasteiger partial charge in [-0.25, -0.2) is 0 Å². The highest BCUT2D eigenvalue weighted by molar-refractivity contribution is 5.93. The number of likely N-dealkylation sites (tertiary alicyclic amines) is 1. The Labute approximate surface area is 253 Å². The van der Waals surface area contributed by atoms with Crippen LogP contribution in [0.2, 0.25) is 0 Å². The van der Waals surface area contributed by atoms with Gasteiger partial charge in [-0.1, -0.05) is 60.7 Å². The van der Waals surface area contributed by atoms with E-state index in [9.17, 15) is 31.1 Å². The van der Waals surface area contributed by atoms with Gasteiger partial charge in [-0.15, -0.1) is 0 Å². The van der Waals surface area contributed by atoms with Crippen LogP contribution in [0.4, 0.5) is 26.3 Å². The molecule has 5 rings (SSSR count). The molecule has 2 atom stereocenters. The Bertz CT molecular complexity index is 1410. The number of ketones is 1. The summed E-state index contributed by atoms with van der Waals surface area (Å²) in [5, 5.41) is 3.22. The molecule has 3 N–H and O–H groups in total. The number of hydrogen-bond donors (Lipinski definition) is 2. The maximum atomic E-state index is 14.3. The van der Waals surface area contributed by atoms with Crippen molar-refractivity contribution >= 4 is 5.78 Å². The molecule has 0 saturated carbocycles. The Morgan fingerprint density at radius 1 is 0.841 bits per heavy atom. The predicted molar refractivity (Wildman–Crippen MR) is 155 cm³/mol. The number of benzene rings is 3. The molecule has 11 heteroatoms. The van der Waals surface area contributed by atoms with E-state index in [1.807, 2.05) is 23.1 Å². The smallest absolute Gasteiger partial charge is 0.324 e. The van der Waals surface area contributed by atoms with Crippen LogP contribution in [0.15, 0.2) is 78.9 Å². The number of hydrogen-bond acceptors (Lipinski definition) is 5. The molecule has 0 aromatic heterocycles. The van der Waals surface area contributed by atoms with Crippen molar-refractivity contribution in [3.63, 3.8) is 0 Å². The third-order valence-corrected chi connectivity index (χ3v) is 9.18. The first kappa shape index (κ1) is 32.2. The molecular weight excluding hydrogens is 582 g/mol. The lowest BCUT2D eigenvalue weighted by atomic mass is 9.63. The van der Waals surface area contributed by atoms with E-state index < -0.39 is 46.9 Å². The number of piperidine rings is 1. The summed E-state index contributed by atoms with van der Waals surface area (Å²) in [5.74, 6) is -0.490. The highest BCUT2D eigenvalue weighted by Crippen LogP contribution is 2.51. The van der Waals surface area contributed by atoms with Gasteiger partial charge in [0.2, 0.25) is 0 Å². The van der Waals surface area contributed by atoms with Crippen LogP contribution < -0.4 is 11.1 Å². The topological polar surface area (TPSA) is 61.6 Å². The number of carbonyl (C=O) groups excluding carboxylic acids is 1. The molecule has 2 unspecified atom stereocenters. The third-order valence-electron chi connectivity index (χ3n) is 9.18. The number of rotatable bonds is 7. The Hall–Kier alpha value is -3.25. The Kier molecular flexibility index (Phi) is 8.97. The first-order valence-electron chi connectivity index (χ1n) is 14.7. The molecule has 0 bridgehead atoms. The fourth-order valence-corrected chi connectivity index (χ4v) is 7.13. The van der Waals surface area contributed by atoms with Gasteiger partial charge in [0.1, 0.15) is 5.54 Å². The minimum absolute atomic E-state index is 0.116. The minimum Gasteiger partial charge on any atom is -0.324 e. The number of nitrogens with zero attached hydrogens (tertiary/aromatic N) is 2. The zero-order chi connectivity index (χ0) is 31.8. The van der Waals surface area contributed by atoms with Crippen molar-refractivity contribution in [2.24, 2.45) is 5.73 Å². The van der Waals surface area contributed by atoms with Gasteiger partial charge in [-0.3, -0.25) is 14.6 Å². The van der Waals surface area contributed by atoms with E-state index in [0.717, 1.165) is 18.7 Å². The van der Waals surface area contributed by atoms with Gasteiger partial charge in [0.05, 0.1) is 23.2 Å². The molecule has 2 saturated heterocycles. The molecule has 44 heavy (non-hydrogen) atoms. The Morgan fingerprint density at radius 2 is 1.39 bits per heavy atom. The fourth-order valence-electron chi connectivity index (χ4n) is 7.13. The lowest BCUT2D eigenvalue weighted by Crippen LogP contribution is -2.75. The molecule has 5 nitrogen and oxygen atoms in total. The number of piperazine rings is 1. The molecule has 2 aliphatic rings. The summed E-state index contributed by atoms with van der Waals surface area (Å²) in [6, 6.07) is 20.0. The first-order chi connectivity index (χ1) is 20.8. The number of nitrogens with two attached hydrogens (primary N) is 1. The average Bonchev–Trinajstić information content (AvgIpc) is 3.01. The number of alkyl halides is 6. The molecule has 0 amide bonds. The van der Waals surface area contributed by atoms with E-state index >= 15 is 0 Å². The average molecular weight is 619 g/mol. The van der Waals surface area contributed by atoms with Crippen molar-refractivity contribution in [2.75, 3.05) is 32.7 Å². The van der Waals surface area contributed by atoms with E-state index in [4.69, 9.17) is 5.73 Å². The van der Waals surface area contributed by atoms with E-state index in [0.29, 0.717) is 38.0 Å². The van der Waals surface area contributed by atoms with E-state index in [1.54, 1.807) is 30.3 Å². The van der Waals surface area contributed by atoms with E-state index in [-0.39, 0.29) is 24.2 Å². The number of nitrogens with one attached hydrogen (secondary N) is 1. The lowest BCUT2D eigenvalue weighted by molar-refractivity contribution is -0.148. The summed E-state index contributed by atoms with van der Waals surface area (Å²) in [6.07, 6.45) is -8.77. The largest absolute Gasteiger partial charge is 0.416 e. The Balaban J connectivity index is 1.64. The van der Waals surface area contributed by atoms with Crippen LogP contribution in [-0.4, -0.2) is 54.3 Å². The molecule has 0 aliphatic carbocycles. The van der Waals surface area contributed by atoms with E-state index in [1.165, 1.54) is 12.5 Å². The second kappa shape index (κ2) is 12.3. The SMILES string of the molecule is CC1(c2cc(C(F)(F)F)cc(C(F)(F)F)c2)NCCN(C2CCN(Cc3ccccc3)CC2)C1(C(=O)CN)c1ccccc1.